The van der Waals surface area contributed by atoms with E-state index in [1.54, 1.807) is 0 Å². The maximum absolute atomic E-state index is 2.53. The first kappa shape index (κ1) is 44.5. The molecule has 0 radical (unpaired) electrons. The molecule has 72 heavy (non-hydrogen) atoms. The minimum absolute atomic E-state index is 0.254. The number of benzene rings is 12. The van der Waals surface area contributed by atoms with Gasteiger partial charge in [0, 0.05) is 33.3 Å². The Hall–Kier alpha value is -8.72. The van der Waals surface area contributed by atoms with E-state index in [9.17, 15) is 0 Å². The van der Waals surface area contributed by atoms with Crippen molar-refractivity contribution in [3.63, 3.8) is 0 Å². The zero-order chi connectivity index (χ0) is 48.7. The molecule has 0 fully saturated rings. The van der Waals surface area contributed by atoms with Gasteiger partial charge in [-0.05, 0) is 139 Å². The summed E-state index contributed by atoms with van der Waals surface area (Å²) in [7, 11) is 0. The Bertz CT molecular complexity index is 3600. The van der Waals surface area contributed by atoms with Crippen molar-refractivity contribution in [1.29, 1.82) is 0 Å². The Labute approximate surface area is 424 Å². The molecule has 0 aliphatic rings. The van der Waals surface area contributed by atoms with E-state index in [1.807, 2.05) is 0 Å². The second kappa shape index (κ2) is 18.9. The fourth-order valence-electron chi connectivity index (χ4n) is 11.1. The molecule has 0 saturated carbocycles. The number of nitrogens with zero attached hydrogens (tertiary/aromatic N) is 2. The van der Waals surface area contributed by atoms with E-state index >= 15 is 0 Å². The van der Waals surface area contributed by atoms with Crippen molar-refractivity contribution in [2.75, 3.05) is 9.80 Å². The second-order valence-electron chi connectivity index (χ2n) is 19.6. The first-order valence-corrected chi connectivity index (χ1v) is 25.4. The quantitative estimate of drug-likeness (QED) is 0.113. The molecule has 0 aromatic heterocycles. The van der Waals surface area contributed by atoms with Crippen LogP contribution in [0.25, 0.3) is 76.8 Å². The number of hydrogen-bond acceptors (Lipinski definition) is 2. The molecule has 346 valence electrons. The van der Waals surface area contributed by atoms with Crippen molar-refractivity contribution in [1.82, 2.24) is 0 Å². The van der Waals surface area contributed by atoms with Crippen LogP contribution in [0, 0.1) is 0 Å². The van der Waals surface area contributed by atoms with Gasteiger partial charge in [-0.3, -0.25) is 0 Å². The molecular weight excluding hydrogens is 869 g/mol. The minimum atomic E-state index is 0.254. The highest BCUT2D eigenvalue weighted by Gasteiger charge is 2.28. The summed E-state index contributed by atoms with van der Waals surface area (Å²) in [5.41, 5.74) is 18.9. The topological polar surface area (TPSA) is 6.48 Å². The summed E-state index contributed by atoms with van der Waals surface area (Å²) in [5, 5.41) is 7.67. The van der Waals surface area contributed by atoms with Gasteiger partial charge in [0.1, 0.15) is 0 Å². The van der Waals surface area contributed by atoms with Crippen molar-refractivity contribution in [3.8, 4) is 44.5 Å². The van der Waals surface area contributed by atoms with Crippen molar-refractivity contribution in [2.24, 2.45) is 0 Å². The molecule has 0 saturated heterocycles. The third-order valence-corrected chi connectivity index (χ3v) is 14.5. The summed E-state index contributed by atoms with van der Waals surface area (Å²) in [6, 6.07) is 93.8. The van der Waals surface area contributed by atoms with Gasteiger partial charge >= 0.3 is 0 Å². The van der Waals surface area contributed by atoms with E-state index in [4.69, 9.17) is 0 Å². The first-order chi connectivity index (χ1) is 35.4. The molecule has 0 aliphatic carbocycles. The summed E-state index contributed by atoms with van der Waals surface area (Å²) < 4.78 is 0. The molecule has 0 amide bonds. The smallest absolute Gasteiger partial charge is 0.0541 e. The van der Waals surface area contributed by atoms with Crippen LogP contribution in [0.4, 0.5) is 34.1 Å². The Morgan fingerprint density at radius 2 is 0.583 bits per heavy atom. The van der Waals surface area contributed by atoms with Gasteiger partial charge in [0.2, 0.25) is 0 Å². The van der Waals surface area contributed by atoms with Crippen LogP contribution in [0.15, 0.2) is 255 Å². The van der Waals surface area contributed by atoms with Gasteiger partial charge in [-0.1, -0.05) is 222 Å². The maximum Gasteiger partial charge on any atom is 0.0541 e. The molecule has 2 heteroatoms. The maximum atomic E-state index is 2.53. The van der Waals surface area contributed by atoms with Gasteiger partial charge in [0.05, 0.1) is 22.7 Å². The average molecular weight is 925 g/mol. The van der Waals surface area contributed by atoms with E-state index in [-0.39, 0.29) is 11.8 Å². The molecule has 12 rings (SSSR count). The predicted molar refractivity (Wildman–Crippen MR) is 309 cm³/mol. The highest BCUT2D eigenvalue weighted by atomic mass is 15.2. The third kappa shape index (κ3) is 7.96. The van der Waals surface area contributed by atoms with Gasteiger partial charge in [0.25, 0.3) is 0 Å². The van der Waals surface area contributed by atoms with Gasteiger partial charge in [-0.25, -0.2) is 0 Å². The van der Waals surface area contributed by atoms with Crippen LogP contribution >= 0.6 is 0 Å². The SMILES string of the molecule is CC(C)c1cc2c(N(c3cccc(-c4ccccc4)c3)c3ccccc3-c3ccccc3)ccc3c(C(C)C)cc4c(N(c5cccc(-c6ccccc6)c5)c5ccccc5-c5ccccc5)ccc1c4c32. The molecular formula is C70H56N2. The number of hydrogen-bond donors (Lipinski definition) is 0. The summed E-state index contributed by atoms with van der Waals surface area (Å²) in [6.45, 7) is 9.40. The molecule has 0 N–H and O–H groups in total. The van der Waals surface area contributed by atoms with Gasteiger partial charge < -0.3 is 9.80 Å². The lowest BCUT2D eigenvalue weighted by Crippen LogP contribution is -2.13. The Kier molecular flexibility index (Phi) is 11.7. The van der Waals surface area contributed by atoms with Gasteiger partial charge in [0.15, 0.2) is 0 Å². The van der Waals surface area contributed by atoms with Crippen LogP contribution in [-0.2, 0) is 0 Å². The van der Waals surface area contributed by atoms with E-state index in [1.165, 1.54) is 88.0 Å². The first-order valence-electron chi connectivity index (χ1n) is 25.4. The van der Waals surface area contributed by atoms with Crippen LogP contribution in [-0.4, -0.2) is 0 Å². The number of rotatable bonds is 12. The van der Waals surface area contributed by atoms with Gasteiger partial charge in [-0.15, -0.1) is 0 Å². The summed E-state index contributed by atoms with van der Waals surface area (Å²) in [5.74, 6) is 0.507. The van der Waals surface area contributed by atoms with Crippen LogP contribution in [0.2, 0.25) is 0 Å². The number of para-hydroxylation sites is 2. The van der Waals surface area contributed by atoms with Crippen molar-refractivity contribution in [2.45, 2.75) is 39.5 Å². The Balaban J connectivity index is 1.19. The van der Waals surface area contributed by atoms with Crippen LogP contribution in [0.3, 0.4) is 0 Å². The fraction of sp³-hybridized carbons (Fsp3) is 0.0857. The molecule has 0 aliphatic heterocycles. The largest absolute Gasteiger partial charge is 0.309 e. The van der Waals surface area contributed by atoms with E-state index in [0.717, 1.165) is 34.1 Å². The highest BCUT2D eigenvalue weighted by Crippen LogP contribution is 2.53. The summed E-state index contributed by atoms with van der Waals surface area (Å²) in [4.78, 5) is 5.05. The van der Waals surface area contributed by atoms with E-state index in [2.05, 4.69) is 292 Å². The zero-order valence-corrected chi connectivity index (χ0v) is 41.3. The predicted octanol–water partition coefficient (Wildman–Crippen LogP) is 20.4. The lowest BCUT2D eigenvalue weighted by Gasteiger charge is -2.32. The third-order valence-electron chi connectivity index (χ3n) is 14.5. The lowest BCUT2D eigenvalue weighted by atomic mass is 9.83. The molecule has 0 bridgehead atoms. The standard InChI is InChI=1S/C70H56N2/c1-47(2)61-45-63-67(71(55-33-21-31-53(43-55)49-23-9-5-10-24-49)65-37-19-17-35-57(65)51-27-13-7-14-28-51)42-40-60-62(48(3)4)46-64-68(41-39-59(61)69(64)70(60)63)72(56-34-22-32-54(44-56)50-25-11-6-12-26-50)66-38-20-18-36-58(66)52-29-15-8-16-30-52/h5-48H,1-4H3. The minimum Gasteiger partial charge on any atom is -0.309 e. The summed E-state index contributed by atoms with van der Waals surface area (Å²) >= 11 is 0. The van der Waals surface area contributed by atoms with Crippen LogP contribution in [0.5, 0.6) is 0 Å². The Morgan fingerprint density at radius 1 is 0.250 bits per heavy atom. The van der Waals surface area contributed by atoms with E-state index in [0.29, 0.717) is 0 Å². The molecule has 12 aromatic carbocycles. The van der Waals surface area contributed by atoms with Crippen molar-refractivity contribution in [3.05, 3.63) is 266 Å². The normalized spacial score (nSPS) is 11.6. The Morgan fingerprint density at radius 3 is 0.958 bits per heavy atom. The van der Waals surface area contributed by atoms with Gasteiger partial charge in [-0.2, -0.15) is 0 Å². The molecule has 0 atom stereocenters. The van der Waals surface area contributed by atoms with Crippen molar-refractivity contribution >= 4 is 66.4 Å². The highest BCUT2D eigenvalue weighted by molar-refractivity contribution is 6.30. The lowest BCUT2D eigenvalue weighted by molar-refractivity contribution is 0.876. The zero-order valence-electron chi connectivity index (χ0n) is 41.3. The molecule has 0 unspecified atom stereocenters. The summed E-state index contributed by atoms with van der Waals surface area (Å²) in [6.07, 6.45) is 0. The molecule has 2 nitrogen and oxygen atoms in total. The van der Waals surface area contributed by atoms with Crippen LogP contribution < -0.4 is 9.80 Å². The second-order valence-corrected chi connectivity index (χ2v) is 19.6. The average Bonchev–Trinajstić information content (AvgIpc) is 3.44. The molecule has 0 heterocycles. The number of anilines is 6. The van der Waals surface area contributed by atoms with E-state index < -0.39 is 0 Å². The molecule has 0 spiro atoms. The van der Waals surface area contributed by atoms with Crippen LogP contribution in [0.1, 0.15) is 50.7 Å². The molecule has 12 aromatic rings. The monoisotopic (exact) mass is 924 g/mol. The fourth-order valence-corrected chi connectivity index (χ4v) is 11.1. The van der Waals surface area contributed by atoms with Crippen molar-refractivity contribution < 1.29 is 0 Å².